The van der Waals surface area contributed by atoms with E-state index in [1.807, 2.05) is 6.92 Å². The molecule has 10 unspecified atom stereocenters. The molecule has 1 amide bonds. The van der Waals surface area contributed by atoms with E-state index in [9.17, 15) is 39.3 Å². The van der Waals surface area contributed by atoms with E-state index in [1.165, 1.54) is 26.0 Å². The number of nitrogens with one attached hydrogen (secondary N) is 1. The van der Waals surface area contributed by atoms with Gasteiger partial charge in [0.1, 0.15) is 23.9 Å². The molecule has 6 rings (SSSR count). The number of hydrogen-bond donors (Lipinski definition) is 4. The number of ketones is 1. The van der Waals surface area contributed by atoms with Crippen LogP contribution >= 0.6 is 0 Å². The van der Waals surface area contributed by atoms with Crippen LogP contribution in [0.2, 0.25) is 0 Å². The van der Waals surface area contributed by atoms with E-state index in [0.29, 0.717) is 12.0 Å². The van der Waals surface area contributed by atoms with Crippen LogP contribution in [-0.2, 0) is 47.7 Å². The fraction of sp³-hybridized carbons (Fsp3) is 0.556. The third-order valence-corrected chi connectivity index (χ3v) is 13.2. The van der Waals surface area contributed by atoms with Gasteiger partial charge in [-0.2, -0.15) is 0 Å². The lowest BCUT2D eigenvalue weighted by atomic mass is 9.44. The number of esters is 4. The highest BCUT2D eigenvalue weighted by Crippen LogP contribution is 2.64. The Morgan fingerprint density at radius 1 is 0.933 bits per heavy atom. The predicted octanol–water partition coefficient (Wildman–Crippen LogP) is 3.61. The van der Waals surface area contributed by atoms with Crippen LogP contribution in [0.4, 0.5) is 0 Å². The minimum absolute atomic E-state index is 0.0115. The molecule has 15 heteroatoms. The van der Waals surface area contributed by atoms with Gasteiger partial charge in [0.05, 0.1) is 35.6 Å². The maximum Gasteiger partial charge on any atom is 0.338 e. The fourth-order valence-electron chi connectivity index (χ4n) is 9.95. The van der Waals surface area contributed by atoms with Gasteiger partial charge in [-0.15, -0.1) is 0 Å². The number of unbranched alkanes of at least 4 members (excludes halogenated alkanes) is 1. The van der Waals surface area contributed by atoms with Crippen LogP contribution in [0.3, 0.4) is 0 Å². The third kappa shape index (κ3) is 7.54. The Balaban J connectivity index is 1.54. The minimum Gasteiger partial charge on any atom is -0.456 e. The number of aliphatic hydroxyl groups excluding tert-OH is 2. The second-order valence-corrected chi connectivity index (χ2v) is 17.2. The molecule has 1 heterocycles. The lowest BCUT2D eigenvalue weighted by Gasteiger charge is -2.67. The minimum atomic E-state index is -2.37. The largest absolute Gasteiger partial charge is 0.456 e. The molecule has 2 aromatic carbocycles. The van der Waals surface area contributed by atoms with Gasteiger partial charge < -0.3 is 44.3 Å². The van der Waals surface area contributed by atoms with Gasteiger partial charge in [0.2, 0.25) is 5.91 Å². The Bertz CT molecular complexity index is 2030. The summed E-state index contributed by atoms with van der Waals surface area (Å²) in [6, 6.07) is 15.0. The van der Waals surface area contributed by atoms with Crippen LogP contribution in [0, 0.1) is 16.7 Å². The number of carbonyl (C=O) groups is 6. The summed E-state index contributed by atoms with van der Waals surface area (Å²) < 4.78 is 30.2. The molecule has 4 N–H and O–H groups in total. The molecule has 2 bridgehead atoms. The summed E-state index contributed by atoms with van der Waals surface area (Å²) in [4.78, 5) is 82.7. The quantitative estimate of drug-likeness (QED) is 0.136. The number of Topliss-reactive ketones (excluding diaryl/α,β-unsaturated/α-hetero) is 1. The molecule has 15 nitrogen and oxygen atoms in total. The topological polar surface area (TPSA) is 221 Å². The van der Waals surface area contributed by atoms with E-state index in [0.717, 1.165) is 20.3 Å². The Morgan fingerprint density at radius 3 is 2.13 bits per heavy atom. The van der Waals surface area contributed by atoms with Crippen molar-refractivity contribution in [3.05, 3.63) is 82.9 Å². The van der Waals surface area contributed by atoms with Crippen molar-refractivity contribution in [1.82, 2.24) is 5.32 Å². The molecule has 2 saturated carbocycles. The van der Waals surface area contributed by atoms with Crippen molar-refractivity contribution < 1.29 is 67.8 Å². The van der Waals surface area contributed by atoms with Gasteiger partial charge >= 0.3 is 23.9 Å². The van der Waals surface area contributed by atoms with E-state index in [1.54, 1.807) is 62.4 Å². The molecule has 1 aliphatic heterocycles. The number of carbonyl (C=O) groups excluding carboxylic acids is 6. The maximum atomic E-state index is 15.4. The highest BCUT2D eigenvalue weighted by Gasteiger charge is 2.78. The second kappa shape index (κ2) is 16.8. The predicted molar refractivity (Wildman–Crippen MR) is 211 cm³/mol. The zero-order valence-corrected chi connectivity index (χ0v) is 35.0. The molecular formula is C45H55NO14. The summed E-state index contributed by atoms with van der Waals surface area (Å²) >= 11 is 0. The number of aliphatic hydroxyl groups is 3. The Hall–Kier alpha value is -4.96. The lowest BCUT2D eigenvalue weighted by molar-refractivity contribution is -0.346. The van der Waals surface area contributed by atoms with Gasteiger partial charge in [-0.05, 0) is 49.1 Å². The molecule has 0 spiro atoms. The first kappa shape index (κ1) is 44.6. The van der Waals surface area contributed by atoms with Crippen molar-refractivity contribution in [2.45, 2.75) is 134 Å². The summed E-state index contributed by atoms with van der Waals surface area (Å²) in [6.07, 6.45) is -8.90. The summed E-state index contributed by atoms with van der Waals surface area (Å²) in [5.74, 6) is -6.57. The molecule has 0 radical (unpaired) electrons. The number of rotatable bonds is 12. The monoisotopic (exact) mass is 833 g/mol. The SMILES string of the molecule is CCCCC(=O)NC(c1ccccc1)C(O)C(=O)OC1CC2(O)C(OC(=O)c3ccccc3)C3C4(OC(C)=O)COC4CC(O)[C@@]3(C)C(=O)C(OC(C)=O)C(=C1C)C2(C)C. The molecule has 324 valence electrons. The van der Waals surface area contributed by atoms with E-state index in [4.69, 9.17) is 23.7 Å². The van der Waals surface area contributed by atoms with Gasteiger partial charge in [-0.1, -0.05) is 75.7 Å². The molecule has 3 aliphatic carbocycles. The van der Waals surface area contributed by atoms with Crippen molar-refractivity contribution >= 4 is 35.6 Å². The fourth-order valence-corrected chi connectivity index (χ4v) is 9.95. The van der Waals surface area contributed by atoms with Crippen LogP contribution in [0.15, 0.2) is 71.8 Å². The molecule has 60 heavy (non-hydrogen) atoms. The van der Waals surface area contributed by atoms with E-state index >= 15 is 4.79 Å². The number of ether oxygens (including phenoxy) is 5. The summed E-state index contributed by atoms with van der Waals surface area (Å²) in [6.45, 7) is 9.94. The van der Waals surface area contributed by atoms with Gasteiger partial charge in [-0.3, -0.25) is 19.2 Å². The Morgan fingerprint density at radius 2 is 1.57 bits per heavy atom. The first-order chi connectivity index (χ1) is 28.2. The Labute approximate surface area is 348 Å². The maximum absolute atomic E-state index is 15.4. The van der Waals surface area contributed by atoms with Gasteiger partial charge in [0, 0.05) is 38.5 Å². The summed E-state index contributed by atoms with van der Waals surface area (Å²) in [7, 11) is 0. The van der Waals surface area contributed by atoms with Crippen LogP contribution in [0.1, 0.15) is 103 Å². The van der Waals surface area contributed by atoms with Crippen molar-refractivity contribution in [3.8, 4) is 0 Å². The normalized spacial score (nSPS) is 32.6. The number of hydrogen-bond acceptors (Lipinski definition) is 14. The van der Waals surface area contributed by atoms with Crippen LogP contribution in [-0.4, -0.2) is 105 Å². The number of fused-ring (bicyclic) bond motifs is 5. The smallest absolute Gasteiger partial charge is 0.338 e. The zero-order chi connectivity index (χ0) is 43.9. The highest BCUT2D eigenvalue weighted by atomic mass is 16.6. The molecule has 2 aromatic rings. The van der Waals surface area contributed by atoms with E-state index in [2.05, 4.69) is 5.32 Å². The van der Waals surface area contributed by atoms with Crippen molar-refractivity contribution in [2.75, 3.05) is 6.61 Å². The third-order valence-electron chi connectivity index (χ3n) is 13.2. The van der Waals surface area contributed by atoms with Crippen LogP contribution in [0.5, 0.6) is 0 Å². The average Bonchev–Trinajstić information content (AvgIpc) is 3.20. The van der Waals surface area contributed by atoms with Crippen molar-refractivity contribution in [2.24, 2.45) is 16.7 Å². The first-order valence-corrected chi connectivity index (χ1v) is 20.4. The van der Waals surface area contributed by atoms with Gasteiger partial charge in [0.15, 0.2) is 23.6 Å². The summed E-state index contributed by atoms with van der Waals surface area (Å²) in [5.41, 5.74) is -7.13. The second-order valence-electron chi connectivity index (χ2n) is 17.2. The first-order valence-electron chi connectivity index (χ1n) is 20.4. The van der Waals surface area contributed by atoms with Crippen molar-refractivity contribution in [3.63, 3.8) is 0 Å². The summed E-state index contributed by atoms with van der Waals surface area (Å²) in [5, 5.41) is 40.1. The molecular weight excluding hydrogens is 778 g/mol. The molecule has 4 aliphatic rings. The molecule has 1 saturated heterocycles. The number of benzene rings is 2. The standard InChI is InChI=1S/C45H55NO14/c1-8-9-20-32(50)46-34(27-16-12-10-13-17-27)35(51)41(54)58-29-22-45(55)39(59-40(53)28-18-14-11-15-19-28)37-43(7,30(49)21-31-44(37,23-56-31)60-26(4)48)38(52)36(57-25(3)47)33(24(29)2)42(45,5)6/h10-19,29-31,34-37,39,49,51,55H,8-9,20-23H2,1-7H3,(H,46,50)/t29?,30?,31?,34?,35?,36?,37?,39?,43-,44?,45?/m1/s1. The number of amides is 1. The molecule has 3 fully saturated rings. The van der Waals surface area contributed by atoms with Crippen LogP contribution < -0.4 is 5.32 Å². The molecule has 11 atom stereocenters. The molecule has 0 aromatic heterocycles. The van der Waals surface area contributed by atoms with Crippen molar-refractivity contribution in [1.29, 1.82) is 0 Å². The highest BCUT2D eigenvalue weighted by molar-refractivity contribution is 5.95. The lowest BCUT2D eigenvalue weighted by Crippen LogP contribution is -2.82. The van der Waals surface area contributed by atoms with Gasteiger partial charge in [0.25, 0.3) is 0 Å². The van der Waals surface area contributed by atoms with E-state index in [-0.39, 0.29) is 36.2 Å². The zero-order valence-electron chi connectivity index (χ0n) is 35.0. The Kier molecular flexibility index (Phi) is 12.5. The van der Waals surface area contributed by atoms with Crippen LogP contribution in [0.25, 0.3) is 0 Å². The van der Waals surface area contributed by atoms with Gasteiger partial charge in [-0.25, -0.2) is 9.59 Å². The van der Waals surface area contributed by atoms with E-state index < -0.39 is 113 Å². The average molecular weight is 834 g/mol.